The normalized spacial score (nSPS) is 16.5. The van der Waals surface area contributed by atoms with Crippen LogP contribution in [-0.4, -0.2) is 25.4 Å². The summed E-state index contributed by atoms with van der Waals surface area (Å²) in [5.41, 5.74) is 2.68. The van der Waals surface area contributed by atoms with Gasteiger partial charge in [0.25, 0.3) is 10.0 Å². The predicted octanol–water partition coefficient (Wildman–Crippen LogP) is 5.09. The summed E-state index contributed by atoms with van der Waals surface area (Å²) in [4.78, 5) is 0.250. The van der Waals surface area contributed by atoms with E-state index in [0.717, 1.165) is 27.3 Å². The zero-order valence-electron chi connectivity index (χ0n) is 18.9. The number of hydrogen-bond donors (Lipinski definition) is 0. The van der Waals surface area contributed by atoms with Crippen molar-refractivity contribution in [1.29, 1.82) is 0 Å². The van der Waals surface area contributed by atoms with Gasteiger partial charge in [-0.2, -0.15) is 0 Å². The zero-order valence-corrected chi connectivity index (χ0v) is 20.6. The van der Waals surface area contributed by atoms with E-state index in [9.17, 15) is 13.0 Å². The third kappa shape index (κ3) is 4.62. The third-order valence-corrected chi connectivity index (χ3v) is 10.9. The second kappa shape index (κ2) is 9.17. The first-order chi connectivity index (χ1) is 15.7. The Labute approximate surface area is 196 Å². The van der Waals surface area contributed by atoms with E-state index in [4.69, 9.17) is 0 Å². The van der Waals surface area contributed by atoms with Crippen molar-refractivity contribution in [1.82, 2.24) is 4.31 Å². The van der Waals surface area contributed by atoms with Gasteiger partial charge in [0.15, 0.2) is 0 Å². The molecule has 1 unspecified atom stereocenters. The Kier molecular flexibility index (Phi) is 6.47. The monoisotopic (exact) mass is 477 g/mol. The number of nitrogens with zero attached hydrogens (tertiary/aromatic N) is 1. The molecule has 0 bridgehead atoms. The minimum absolute atomic E-state index is 0.189. The van der Waals surface area contributed by atoms with Gasteiger partial charge in [0.2, 0.25) is 0 Å². The molecule has 3 aromatic carbocycles. The van der Waals surface area contributed by atoms with Crippen LogP contribution in [0.2, 0.25) is 0 Å². The van der Waals surface area contributed by atoms with Crippen molar-refractivity contribution < 1.29 is 13.0 Å². The predicted molar refractivity (Wildman–Crippen MR) is 136 cm³/mol. The molecule has 0 spiro atoms. The Morgan fingerprint density at radius 2 is 1.45 bits per heavy atom. The van der Waals surface area contributed by atoms with Crippen molar-refractivity contribution in [2.75, 3.05) is 12.7 Å². The highest BCUT2D eigenvalue weighted by molar-refractivity contribution is 7.89. The van der Waals surface area contributed by atoms with Crippen molar-refractivity contribution in [3.8, 4) is 0 Å². The molecule has 170 valence electrons. The highest BCUT2D eigenvalue weighted by atomic mass is 32.2. The lowest BCUT2D eigenvalue weighted by Gasteiger charge is -2.23. The highest BCUT2D eigenvalue weighted by Gasteiger charge is 2.37. The number of hydrogen-bond acceptors (Lipinski definition) is 3. The van der Waals surface area contributed by atoms with E-state index in [1.807, 2.05) is 74.5 Å². The molecule has 1 aliphatic heterocycles. The van der Waals surface area contributed by atoms with Crippen LogP contribution < -0.4 is 10.6 Å². The number of sulfonamides is 1. The van der Waals surface area contributed by atoms with Crippen LogP contribution in [0.3, 0.4) is 0 Å². The van der Waals surface area contributed by atoms with Crippen LogP contribution in [0.15, 0.2) is 114 Å². The van der Waals surface area contributed by atoms with Crippen molar-refractivity contribution in [2.24, 2.45) is 5.92 Å². The Morgan fingerprint density at radius 3 is 1.94 bits per heavy atom. The second-order valence-corrected chi connectivity index (χ2v) is 13.3. The number of rotatable bonds is 7. The van der Waals surface area contributed by atoms with Gasteiger partial charge in [-0.15, -0.1) is 0 Å². The summed E-state index contributed by atoms with van der Waals surface area (Å²) in [7, 11) is -6.75. The first kappa shape index (κ1) is 23.3. The topological polar surface area (TPSA) is 54.5 Å². The third-order valence-electron chi connectivity index (χ3n) is 6.09. The average Bonchev–Trinajstić information content (AvgIpc) is 3.25. The first-order valence-corrected chi connectivity index (χ1v) is 14.2. The molecule has 0 amide bonds. The summed E-state index contributed by atoms with van der Waals surface area (Å²) in [5.74, 6) is -0.189. The molecule has 33 heavy (non-hydrogen) atoms. The van der Waals surface area contributed by atoms with Gasteiger partial charge in [0, 0.05) is 35.4 Å². The summed E-state index contributed by atoms with van der Waals surface area (Å²) in [6.07, 6.45) is 1.94. The van der Waals surface area contributed by atoms with Crippen molar-refractivity contribution in [3.63, 3.8) is 0 Å². The number of aryl methyl sites for hydroxylation is 1. The molecule has 0 aromatic heterocycles. The molecule has 0 fully saturated rings. The molecular formula is C27H28NO3PS. The van der Waals surface area contributed by atoms with E-state index in [0.29, 0.717) is 0 Å². The molecular weight excluding hydrogens is 449 g/mol. The molecule has 1 aliphatic rings. The van der Waals surface area contributed by atoms with Gasteiger partial charge in [0.1, 0.15) is 7.14 Å². The molecule has 0 aliphatic carbocycles. The smallest absolute Gasteiger partial charge is 0.263 e. The first-order valence-electron chi connectivity index (χ1n) is 10.9. The van der Waals surface area contributed by atoms with Crippen LogP contribution in [0, 0.1) is 12.8 Å². The Bertz CT molecular complexity index is 1290. The van der Waals surface area contributed by atoms with E-state index in [-0.39, 0.29) is 23.5 Å². The number of benzene rings is 3. The summed E-state index contributed by atoms with van der Waals surface area (Å²) >= 11 is 0. The molecule has 0 saturated carbocycles. The van der Waals surface area contributed by atoms with Crippen molar-refractivity contribution >= 4 is 27.8 Å². The fourth-order valence-corrected chi connectivity index (χ4v) is 8.34. The maximum absolute atomic E-state index is 14.6. The van der Waals surface area contributed by atoms with Crippen LogP contribution in [0.25, 0.3) is 0 Å². The van der Waals surface area contributed by atoms with E-state index < -0.39 is 17.2 Å². The van der Waals surface area contributed by atoms with Crippen molar-refractivity contribution in [3.05, 3.63) is 114 Å². The molecule has 6 heteroatoms. The van der Waals surface area contributed by atoms with E-state index in [1.54, 1.807) is 30.5 Å². The van der Waals surface area contributed by atoms with Gasteiger partial charge in [-0.3, -0.25) is 4.31 Å². The van der Waals surface area contributed by atoms with Crippen LogP contribution >= 0.6 is 7.14 Å². The fourth-order valence-electron chi connectivity index (χ4n) is 4.19. The van der Waals surface area contributed by atoms with E-state index >= 15 is 0 Å². The lowest BCUT2D eigenvalue weighted by atomic mass is 9.97. The highest BCUT2D eigenvalue weighted by Crippen LogP contribution is 2.48. The van der Waals surface area contributed by atoms with Gasteiger partial charge < -0.3 is 4.57 Å². The van der Waals surface area contributed by atoms with Gasteiger partial charge in [0.05, 0.1) is 4.90 Å². The SMILES string of the molecule is C=C(C)C1CN(S(=O)(=O)c2ccc(C)cc2)C=C1CP(=O)(c1ccccc1)c1ccccc1. The Morgan fingerprint density at radius 1 is 0.939 bits per heavy atom. The minimum atomic E-state index is -3.71. The molecule has 1 heterocycles. The van der Waals surface area contributed by atoms with Gasteiger partial charge in [-0.25, -0.2) is 8.42 Å². The molecule has 4 rings (SSSR count). The molecule has 1 atom stereocenters. The van der Waals surface area contributed by atoms with Crippen LogP contribution in [0.5, 0.6) is 0 Å². The maximum atomic E-state index is 14.6. The fraction of sp³-hybridized carbons (Fsp3) is 0.185. The zero-order chi connectivity index (χ0) is 23.6. The van der Waals surface area contributed by atoms with Crippen molar-refractivity contribution in [2.45, 2.75) is 18.7 Å². The Balaban J connectivity index is 1.77. The summed E-state index contributed by atoms with van der Waals surface area (Å²) in [5, 5.41) is 1.52. The second-order valence-electron chi connectivity index (χ2n) is 8.56. The molecule has 0 N–H and O–H groups in total. The van der Waals surface area contributed by atoms with Gasteiger partial charge in [-0.05, 0) is 31.6 Å². The molecule has 3 aromatic rings. The van der Waals surface area contributed by atoms with Gasteiger partial charge in [-0.1, -0.05) is 90.5 Å². The standard InChI is InChI=1S/C27H28NO3PS/c1-21(2)27-19-28(33(30,31)26-16-14-22(3)15-17-26)18-23(27)20-32(29,24-10-6-4-7-11-24)25-12-8-5-9-13-25/h4-18,27H,1,19-20H2,2-3H3. The lowest BCUT2D eigenvalue weighted by molar-refractivity contribution is 0.496. The van der Waals surface area contributed by atoms with Gasteiger partial charge >= 0.3 is 0 Å². The largest absolute Gasteiger partial charge is 0.313 e. The molecule has 0 saturated heterocycles. The summed E-state index contributed by atoms with van der Waals surface area (Å²) in [6, 6.07) is 25.8. The van der Waals surface area contributed by atoms with E-state index in [2.05, 4.69) is 6.58 Å². The minimum Gasteiger partial charge on any atom is -0.313 e. The molecule has 4 nitrogen and oxygen atoms in total. The quantitative estimate of drug-likeness (QED) is 0.352. The maximum Gasteiger partial charge on any atom is 0.263 e. The molecule has 0 radical (unpaired) electrons. The average molecular weight is 478 g/mol. The van der Waals surface area contributed by atoms with E-state index in [1.165, 1.54) is 4.31 Å². The van der Waals surface area contributed by atoms with Crippen LogP contribution in [-0.2, 0) is 14.6 Å². The van der Waals surface area contributed by atoms with Crippen LogP contribution in [0.4, 0.5) is 0 Å². The van der Waals surface area contributed by atoms with Crippen LogP contribution in [0.1, 0.15) is 12.5 Å². The lowest BCUT2D eigenvalue weighted by Crippen LogP contribution is -2.27. The Hall–Kier alpha value is -2.88. The summed E-state index contributed by atoms with van der Waals surface area (Å²) < 4.78 is 42.6. The summed E-state index contributed by atoms with van der Waals surface area (Å²) in [6.45, 7) is 8.20.